The molecule has 0 spiro atoms. The van der Waals surface area contributed by atoms with Crippen LogP contribution < -0.4 is 5.32 Å². The van der Waals surface area contributed by atoms with Gasteiger partial charge in [-0.15, -0.1) is 0 Å². The number of rotatable bonds is 5. The molecule has 0 amide bonds. The van der Waals surface area contributed by atoms with Crippen LogP contribution in [0.4, 0.5) is 5.69 Å². The van der Waals surface area contributed by atoms with E-state index < -0.39 is 0 Å². The van der Waals surface area contributed by atoms with Crippen molar-refractivity contribution < 1.29 is 0 Å². The normalized spacial score (nSPS) is 13.0. The maximum Gasteiger partial charge on any atom is 0.144 e. The van der Waals surface area contributed by atoms with E-state index in [9.17, 15) is 5.26 Å². The number of hydrogen-bond donors (Lipinski definition) is 1. The molecular weight excluding hydrogens is 370 g/mol. The number of nitrogens with one attached hydrogen (secondary N) is 1. The fourth-order valence-electron chi connectivity index (χ4n) is 4.09. The minimum atomic E-state index is 0.498. The van der Waals surface area contributed by atoms with Crippen molar-refractivity contribution in [3.05, 3.63) is 95.9 Å². The lowest BCUT2D eigenvalue weighted by molar-refractivity contribution is 0.593. The van der Waals surface area contributed by atoms with E-state index in [4.69, 9.17) is 0 Å². The summed E-state index contributed by atoms with van der Waals surface area (Å²) in [6, 6.07) is 24.6. The summed E-state index contributed by atoms with van der Waals surface area (Å²) in [5.74, 6) is 0.625. The summed E-state index contributed by atoms with van der Waals surface area (Å²) in [5.41, 5.74) is 7.02. The predicted octanol–water partition coefficient (Wildman–Crippen LogP) is 4.63. The zero-order valence-corrected chi connectivity index (χ0v) is 16.5. The van der Waals surface area contributed by atoms with Gasteiger partial charge in [0.05, 0.1) is 11.4 Å². The van der Waals surface area contributed by atoms with E-state index in [0.29, 0.717) is 11.6 Å². The molecule has 146 valence electrons. The van der Waals surface area contributed by atoms with Gasteiger partial charge in [0.15, 0.2) is 0 Å². The Morgan fingerprint density at radius 2 is 1.77 bits per heavy atom. The lowest BCUT2D eigenvalue weighted by atomic mass is 10.1. The van der Waals surface area contributed by atoms with E-state index >= 15 is 0 Å². The van der Waals surface area contributed by atoms with Crippen LogP contribution in [0, 0.1) is 17.2 Å². The zero-order valence-electron chi connectivity index (χ0n) is 16.5. The van der Waals surface area contributed by atoms with Crippen LogP contribution in [-0.2, 0) is 12.8 Å². The number of nitriles is 1. The molecule has 2 aromatic carbocycles. The van der Waals surface area contributed by atoms with E-state index in [-0.39, 0.29) is 0 Å². The number of fused-ring (bicyclic) bond motifs is 1. The lowest BCUT2D eigenvalue weighted by Crippen LogP contribution is -2.14. The van der Waals surface area contributed by atoms with Gasteiger partial charge in [-0.2, -0.15) is 10.4 Å². The number of pyridine rings is 1. The number of aromatic nitrogens is 3. The van der Waals surface area contributed by atoms with Crippen molar-refractivity contribution in [2.45, 2.75) is 12.8 Å². The van der Waals surface area contributed by atoms with Gasteiger partial charge in [-0.05, 0) is 66.3 Å². The summed E-state index contributed by atoms with van der Waals surface area (Å²) in [6.45, 7) is 0.949. The minimum Gasteiger partial charge on any atom is -0.385 e. The van der Waals surface area contributed by atoms with Crippen molar-refractivity contribution >= 4 is 5.69 Å². The third kappa shape index (κ3) is 3.56. The molecule has 1 N–H and O–H groups in total. The highest BCUT2D eigenvalue weighted by Crippen LogP contribution is 2.27. The average molecular weight is 391 g/mol. The molecule has 1 aliphatic rings. The minimum absolute atomic E-state index is 0.498. The molecule has 0 fully saturated rings. The highest BCUT2D eigenvalue weighted by molar-refractivity contribution is 5.60. The second-order valence-electron chi connectivity index (χ2n) is 7.65. The molecule has 5 rings (SSSR count). The van der Waals surface area contributed by atoms with Gasteiger partial charge >= 0.3 is 0 Å². The second-order valence-corrected chi connectivity index (χ2v) is 7.65. The molecule has 2 heterocycles. The van der Waals surface area contributed by atoms with Crippen LogP contribution in [0.15, 0.2) is 79.1 Å². The molecule has 0 atom stereocenters. The molecule has 0 radical (unpaired) electrons. The highest BCUT2D eigenvalue weighted by atomic mass is 15.3. The summed E-state index contributed by atoms with van der Waals surface area (Å²) in [5, 5.41) is 17.7. The Kier molecular flexibility index (Phi) is 4.74. The van der Waals surface area contributed by atoms with Crippen LogP contribution in [0.25, 0.3) is 16.9 Å². The molecule has 0 saturated heterocycles. The van der Waals surface area contributed by atoms with Crippen LogP contribution in [0.5, 0.6) is 0 Å². The van der Waals surface area contributed by atoms with Crippen molar-refractivity contribution in [3.8, 4) is 23.0 Å². The van der Waals surface area contributed by atoms with Gasteiger partial charge in [-0.25, -0.2) is 4.68 Å². The van der Waals surface area contributed by atoms with Crippen LogP contribution in [0.3, 0.4) is 0 Å². The molecule has 5 nitrogen and oxygen atoms in total. The quantitative estimate of drug-likeness (QED) is 0.538. The van der Waals surface area contributed by atoms with Crippen LogP contribution in [0.2, 0.25) is 0 Å². The maximum atomic E-state index is 9.54. The topological polar surface area (TPSA) is 66.5 Å². The SMILES string of the molecule is N#Cc1cc(-c2cccnc2)nn1-c1ccc(NCC2Cc3ccccc3C2)cc1. The predicted molar refractivity (Wildman–Crippen MR) is 117 cm³/mol. The Morgan fingerprint density at radius 3 is 2.43 bits per heavy atom. The Labute approximate surface area is 175 Å². The van der Waals surface area contributed by atoms with Gasteiger partial charge in [0.2, 0.25) is 0 Å². The van der Waals surface area contributed by atoms with Crippen molar-refractivity contribution in [1.29, 1.82) is 5.26 Å². The Hall–Kier alpha value is -3.91. The largest absolute Gasteiger partial charge is 0.385 e. The first kappa shape index (κ1) is 18.1. The smallest absolute Gasteiger partial charge is 0.144 e. The molecule has 1 aliphatic carbocycles. The zero-order chi connectivity index (χ0) is 20.3. The van der Waals surface area contributed by atoms with Crippen molar-refractivity contribution in [3.63, 3.8) is 0 Å². The van der Waals surface area contributed by atoms with Gasteiger partial charge in [-0.3, -0.25) is 4.98 Å². The molecule has 0 bridgehead atoms. The van der Waals surface area contributed by atoms with Crippen LogP contribution in [0.1, 0.15) is 16.8 Å². The van der Waals surface area contributed by atoms with Gasteiger partial charge < -0.3 is 5.32 Å². The number of nitrogens with zero attached hydrogens (tertiary/aromatic N) is 4. The van der Waals surface area contributed by atoms with E-state index in [1.54, 1.807) is 23.1 Å². The van der Waals surface area contributed by atoms with Gasteiger partial charge in [-0.1, -0.05) is 24.3 Å². The summed E-state index contributed by atoms with van der Waals surface area (Å²) < 4.78 is 1.68. The standard InChI is InChI=1S/C25H21N5/c26-15-24-14-25(21-6-3-11-27-17-21)29-30(24)23-9-7-22(8-10-23)28-16-18-12-19-4-1-2-5-20(19)13-18/h1-11,14,17-18,28H,12-13,16H2. The van der Waals surface area contributed by atoms with E-state index in [0.717, 1.165) is 42.0 Å². The number of benzene rings is 2. The molecule has 30 heavy (non-hydrogen) atoms. The van der Waals surface area contributed by atoms with Gasteiger partial charge in [0.1, 0.15) is 11.8 Å². The Balaban J connectivity index is 1.29. The average Bonchev–Trinajstić information content (AvgIpc) is 3.42. The molecular formula is C25H21N5. The summed E-state index contributed by atoms with van der Waals surface area (Å²) >= 11 is 0. The lowest BCUT2D eigenvalue weighted by Gasteiger charge is -2.12. The third-order valence-corrected chi connectivity index (χ3v) is 5.62. The monoisotopic (exact) mass is 391 g/mol. The Bertz CT molecular complexity index is 1180. The highest BCUT2D eigenvalue weighted by Gasteiger charge is 2.20. The van der Waals surface area contributed by atoms with Gasteiger partial charge in [0.25, 0.3) is 0 Å². The van der Waals surface area contributed by atoms with Crippen molar-refractivity contribution in [2.75, 3.05) is 11.9 Å². The molecule has 0 aliphatic heterocycles. The van der Waals surface area contributed by atoms with E-state index in [1.807, 2.05) is 36.4 Å². The maximum absolute atomic E-state index is 9.54. The fourth-order valence-corrected chi connectivity index (χ4v) is 4.09. The van der Waals surface area contributed by atoms with E-state index in [2.05, 4.69) is 45.7 Å². The summed E-state index contributed by atoms with van der Waals surface area (Å²) in [6.07, 6.45) is 5.75. The number of hydrogen-bond acceptors (Lipinski definition) is 4. The van der Waals surface area contributed by atoms with Crippen LogP contribution in [-0.4, -0.2) is 21.3 Å². The van der Waals surface area contributed by atoms with Crippen molar-refractivity contribution in [1.82, 2.24) is 14.8 Å². The molecule has 5 heteroatoms. The first-order valence-electron chi connectivity index (χ1n) is 10.1. The summed E-state index contributed by atoms with van der Waals surface area (Å²) in [7, 11) is 0. The summed E-state index contributed by atoms with van der Waals surface area (Å²) in [4.78, 5) is 4.14. The molecule has 4 aromatic rings. The van der Waals surface area contributed by atoms with Gasteiger partial charge in [0, 0.05) is 36.3 Å². The first-order valence-corrected chi connectivity index (χ1v) is 10.1. The number of anilines is 1. The first-order chi connectivity index (χ1) is 14.8. The molecule has 0 saturated carbocycles. The molecule has 2 aromatic heterocycles. The molecule has 0 unspecified atom stereocenters. The third-order valence-electron chi connectivity index (χ3n) is 5.62. The second kappa shape index (κ2) is 7.84. The Morgan fingerprint density at radius 1 is 1.00 bits per heavy atom. The van der Waals surface area contributed by atoms with E-state index in [1.165, 1.54) is 11.1 Å². The van der Waals surface area contributed by atoms with Crippen LogP contribution >= 0.6 is 0 Å². The fraction of sp³-hybridized carbons (Fsp3) is 0.160. The van der Waals surface area contributed by atoms with Crippen molar-refractivity contribution in [2.24, 2.45) is 5.92 Å².